The molecule has 0 bridgehead atoms. The Morgan fingerprint density at radius 1 is 1.13 bits per heavy atom. The summed E-state index contributed by atoms with van der Waals surface area (Å²) in [6.45, 7) is 5.90. The van der Waals surface area contributed by atoms with Crippen LogP contribution >= 0.6 is 15.9 Å². The lowest BCUT2D eigenvalue weighted by Crippen LogP contribution is -2.25. The summed E-state index contributed by atoms with van der Waals surface area (Å²) in [5.41, 5.74) is 6.57. The van der Waals surface area contributed by atoms with Crippen LogP contribution in [-0.2, 0) is 4.79 Å². The zero-order chi connectivity index (χ0) is 16.8. The number of hydrogen-bond donors (Lipinski definition) is 1. The van der Waals surface area contributed by atoms with E-state index in [0.717, 1.165) is 32.5 Å². The van der Waals surface area contributed by atoms with Gasteiger partial charge in [0.2, 0.25) is 0 Å². The first-order chi connectivity index (χ1) is 11.0. The van der Waals surface area contributed by atoms with E-state index in [1.165, 1.54) is 0 Å². The summed E-state index contributed by atoms with van der Waals surface area (Å²) >= 11 is 3.37. The van der Waals surface area contributed by atoms with Crippen LogP contribution in [0.4, 0.5) is 0 Å². The van der Waals surface area contributed by atoms with Crippen LogP contribution in [0.25, 0.3) is 0 Å². The third-order valence-electron chi connectivity index (χ3n) is 3.49. The molecule has 2 aromatic rings. The fourth-order valence-electron chi connectivity index (χ4n) is 2.05. The van der Waals surface area contributed by atoms with Gasteiger partial charge in [-0.2, -0.15) is 5.10 Å². The summed E-state index contributed by atoms with van der Waals surface area (Å²) in [5.74, 6) is 0.468. The van der Waals surface area contributed by atoms with E-state index in [4.69, 9.17) is 4.74 Å². The number of aryl methyl sites for hydroxylation is 2. The van der Waals surface area contributed by atoms with Gasteiger partial charge in [0.05, 0.1) is 6.21 Å². The number of rotatable bonds is 5. The maximum absolute atomic E-state index is 11.8. The van der Waals surface area contributed by atoms with Crippen LogP contribution in [0.2, 0.25) is 0 Å². The molecule has 0 saturated heterocycles. The average Bonchev–Trinajstić information content (AvgIpc) is 2.53. The zero-order valence-corrected chi connectivity index (χ0v) is 15.0. The molecule has 2 rings (SSSR count). The molecule has 4 nitrogen and oxygen atoms in total. The smallest absolute Gasteiger partial charge is 0.277 e. The molecule has 0 aliphatic carbocycles. The van der Waals surface area contributed by atoms with Crippen LogP contribution in [0.5, 0.6) is 5.75 Å². The topological polar surface area (TPSA) is 50.7 Å². The first-order valence-corrected chi connectivity index (χ1v) is 8.03. The first kappa shape index (κ1) is 17.2. The predicted molar refractivity (Wildman–Crippen MR) is 96.0 cm³/mol. The van der Waals surface area contributed by atoms with Crippen molar-refractivity contribution >= 4 is 28.1 Å². The highest BCUT2D eigenvalue weighted by Gasteiger charge is 2.08. The monoisotopic (exact) mass is 374 g/mol. The Kier molecular flexibility index (Phi) is 5.93. The molecule has 0 aromatic heterocycles. The van der Waals surface area contributed by atoms with Crippen molar-refractivity contribution in [2.45, 2.75) is 20.8 Å². The molecular formula is C18H19BrN2O2. The SMILES string of the molecule is Cc1ccc(C)c(OCC(=O)N/N=C/c2ccc(Br)cc2)c1C. The molecule has 23 heavy (non-hydrogen) atoms. The average molecular weight is 375 g/mol. The van der Waals surface area contributed by atoms with Crippen molar-refractivity contribution in [2.75, 3.05) is 6.61 Å². The highest BCUT2D eigenvalue weighted by Crippen LogP contribution is 2.25. The first-order valence-electron chi connectivity index (χ1n) is 7.24. The van der Waals surface area contributed by atoms with E-state index in [9.17, 15) is 4.79 Å². The molecular weight excluding hydrogens is 356 g/mol. The maximum Gasteiger partial charge on any atom is 0.277 e. The third kappa shape index (κ3) is 4.93. The number of carbonyl (C=O) groups is 1. The minimum atomic E-state index is -0.293. The van der Waals surface area contributed by atoms with E-state index in [2.05, 4.69) is 26.5 Å². The predicted octanol–water partition coefficient (Wildman–Crippen LogP) is 3.90. The van der Waals surface area contributed by atoms with Crippen molar-refractivity contribution < 1.29 is 9.53 Å². The number of hydrogen-bond acceptors (Lipinski definition) is 3. The number of amides is 1. The fraction of sp³-hybridized carbons (Fsp3) is 0.222. The highest BCUT2D eigenvalue weighted by molar-refractivity contribution is 9.10. The van der Waals surface area contributed by atoms with E-state index in [-0.39, 0.29) is 12.5 Å². The molecule has 0 atom stereocenters. The zero-order valence-electron chi connectivity index (χ0n) is 13.4. The number of nitrogens with one attached hydrogen (secondary N) is 1. The maximum atomic E-state index is 11.8. The van der Waals surface area contributed by atoms with Gasteiger partial charge < -0.3 is 4.74 Å². The summed E-state index contributed by atoms with van der Waals surface area (Å²) in [5, 5.41) is 3.93. The van der Waals surface area contributed by atoms with Gasteiger partial charge in [-0.15, -0.1) is 0 Å². The van der Waals surface area contributed by atoms with Gasteiger partial charge in [0, 0.05) is 4.47 Å². The number of nitrogens with zero attached hydrogens (tertiary/aromatic N) is 1. The lowest BCUT2D eigenvalue weighted by Gasteiger charge is -2.13. The second kappa shape index (κ2) is 7.92. The van der Waals surface area contributed by atoms with Gasteiger partial charge in [-0.25, -0.2) is 5.43 Å². The summed E-state index contributed by atoms with van der Waals surface area (Å²) in [6.07, 6.45) is 1.59. The van der Waals surface area contributed by atoms with E-state index in [1.54, 1.807) is 6.21 Å². The number of ether oxygens (including phenoxy) is 1. The van der Waals surface area contributed by atoms with Crippen molar-refractivity contribution in [3.8, 4) is 5.75 Å². The second-order valence-electron chi connectivity index (χ2n) is 5.29. The molecule has 5 heteroatoms. The molecule has 0 aliphatic heterocycles. The number of carbonyl (C=O) groups excluding carboxylic acids is 1. The number of benzene rings is 2. The Morgan fingerprint density at radius 2 is 1.78 bits per heavy atom. The molecule has 2 aromatic carbocycles. The number of halogens is 1. The molecule has 0 spiro atoms. The standard InChI is InChI=1S/C18H19BrN2O2/c1-12-4-5-13(2)18(14(12)3)23-11-17(22)21-20-10-15-6-8-16(19)9-7-15/h4-10H,11H2,1-3H3,(H,21,22)/b20-10+. The molecule has 0 fully saturated rings. The second-order valence-corrected chi connectivity index (χ2v) is 6.20. The number of hydrazone groups is 1. The van der Waals surface area contributed by atoms with E-state index in [1.807, 2.05) is 57.2 Å². The normalized spacial score (nSPS) is 10.8. The van der Waals surface area contributed by atoms with Gasteiger partial charge in [0.25, 0.3) is 5.91 Å². The largest absolute Gasteiger partial charge is 0.483 e. The van der Waals surface area contributed by atoms with Crippen LogP contribution in [0.3, 0.4) is 0 Å². The van der Waals surface area contributed by atoms with Crippen molar-refractivity contribution in [1.29, 1.82) is 0 Å². The lowest BCUT2D eigenvalue weighted by molar-refractivity contribution is -0.123. The van der Waals surface area contributed by atoms with Gasteiger partial charge in [-0.3, -0.25) is 4.79 Å². The van der Waals surface area contributed by atoms with Crippen LogP contribution in [-0.4, -0.2) is 18.7 Å². The van der Waals surface area contributed by atoms with E-state index in [0.29, 0.717) is 0 Å². The third-order valence-corrected chi connectivity index (χ3v) is 4.02. The van der Waals surface area contributed by atoms with Crippen LogP contribution in [0.1, 0.15) is 22.3 Å². The molecule has 0 unspecified atom stereocenters. The lowest BCUT2D eigenvalue weighted by atomic mass is 10.1. The van der Waals surface area contributed by atoms with Crippen molar-refractivity contribution in [3.63, 3.8) is 0 Å². The van der Waals surface area contributed by atoms with Crippen LogP contribution in [0.15, 0.2) is 46.0 Å². The molecule has 0 heterocycles. The molecule has 1 amide bonds. The van der Waals surface area contributed by atoms with E-state index < -0.39 is 0 Å². The highest BCUT2D eigenvalue weighted by atomic mass is 79.9. The Labute approximate surface area is 144 Å². The summed E-state index contributed by atoms with van der Waals surface area (Å²) in [7, 11) is 0. The Bertz CT molecular complexity index is 725. The summed E-state index contributed by atoms with van der Waals surface area (Å²) in [6, 6.07) is 11.7. The van der Waals surface area contributed by atoms with Gasteiger partial charge in [-0.05, 0) is 55.2 Å². The van der Waals surface area contributed by atoms with Gasteiger partial charge in [0.15, 0.2) is 6.61 Å². The Hall–Kier alpha value is -2.14. The molecule has 1 N–H and O–H groups in total. The molecule has 0 aliphatic rings. The minimum absolute atomic E-state index is 0.0667. The van der Waals surface area contributed by atoms with E-state index >= 15 is 0 Å². The van der Waals surface area contributed by atoms with Gasteiger partial charge in [-0.1, -0.05) is 40.2 Å². The summed E-state index contributed by atoms with van der Waals surface area (Å²) < 4.78 is 6.63. The summed E-state index contributed by atoms with van der Waals surface area (Å²) in [4.78, 5) is 11.8. The van der Waals surface area contributed by atoms with Crippen molar-refractivity contribution in [2.24, 2.45) is 5.10 Å². The van der Waals surface area contributed by atoms with Crippen molar-refractivity contribution in [1.82, 2.24) is 5.43 Å². The molecule has 0 radical (unpaired) electrons. The van der Waals surface area contributed by atoms with Gasteiger partial charge in [0.1, 0.15) is 5.75 Å². The molecule has 0 saturated carbocycles. The fourth-order valence-corrected chi connectivity index (χ4v) is 2.31. The molecule has 120 valence electrons. The van der Waals surface area contributed by atoms with Crippen LogP contribution in [0, 0.1) is 20.8 Å². The van der Waals surface area contributed by atoms with Crippen LogP contribution < -0.4 is 10.2 Å². The Morgan fingerprint density at radius 3 is 2.48 bits per heavy atom. The Balaban J connectivity index is 1.88. The van der Waals surface area contributed by atoms with Gasteiger partial charge >= 0.3 is 0 Å². The van der Waals surface area contributed by atoms with Crippen molar-refractivity contribution in [3.05, 3.63) is 63.1 Å². The minimum Gasteiger partial charge on any atom is -0.483 e. The quantitative estimate of drug-likeness (QED) is 0.637.